The average Bonchev–Trinajstić information content (AvgIpc) is 3.20. The quantitative estimate of drug-likeness (QED) is 0.705. The van der Waals surface area contributed by atoms with E-state index in [0.717, 1.165) is 25.7 Å². The molecule has 0 aromatic rings. The van der Waals surface area contributed by atoms with Crippen LogP contribution >= 0.6 is 0 Å². The van der Waals surface area contributed by atoms with Crippen LogP contribution in [0.4, 0.5) is 4.79 Å². The van der Waals surface area contributed by atoms with Crippen LogP contribution in [0.15, 0.2) is 0 Å². The molecule has 2 aliphatic rings. The van der Waals surface area contributed by atoms with E-state index in [1.165, 1.54) is 12.8 Å². The second-order valence-corrected chi connectivity index (χ2v) is 7.13. The number of carbonyl (C=O) groups excluding carboxylic acids is 1. The first kappa shape index (κ1) is 16.1. The summed E-state index contributed by atoms with van der Waals surface area (Å²) in [6.45, 7) is 4.95. The third-order valence-corrected chi connectivity index (χ3v) is 5.25. The number of aliphatic carboxylic acids is 1. The lowest BCUT2D eigenvalue weighted by Crippen LogP contribution is -2.59. The highest BCUT2D eigenvalue weighted by Gasteiger charge is 2.44. The Morgan fingerprint density at radius 1 is 1.19 bits per heavy atom. The van der Waals surface area contributed by atoms with E-state index in [0.29, 0.717) is 25.3 Å². The van der Waals surface area contributed by atoms with Gasteiger partial charge in [0.15, 0.2) is 0 Å². The maximum Gasteiger partial charge on any atom is 0.329 e. The van der Waals surface area contributed by atoms with Crippen molar-refractivity contribution in [3.8, 4) is 0 Å². The molecule has 0 saturated heterocycles. The zero-order valence-corrected chi connectivity index (χ0v) is 13.2. The van der Waals surface area contributed by atoms with E-state index in [-0.39, 0.29) is 11.4 Å². The Labute approximate surface area is 126 Å². The highest BCUT2D eigenvalue weighted by Crippen LogP contribution is 2.48. The number of hydrogen-bond acceptors (Lipinski definition) is 2. The molecule has 3 N–H and O–H groups in total. The minimum absolute atomic E-state index is 0.281. The summed E-state index contributed by atoms with van der Waals surface area (Å²) in [6, 6.07) is -0.325. The summed E-state index contributed by atoms with van der Waals surface area (Å²) in [5.74, 6) is -0.360. The molecular weight excluding hydrogens is 268 g/mol. The van der Waals surface area contributed by atoms with Gasteiger partial charge < -0.3 is 15.7 Å². The van der Waals surface area contributed by atoms with Gasteiger partial charge in [-0.15, -0.1) is 0 Å². The van der Waals surface area contributed by atoms with Gasteiger partial charge in [-0.3, -0.25) is 0 Å². The van der Waals surface area contributed by atoms with Gasteiger partial charge in [-0.2, -0.15) is 0 Å². The Hall–Kier alpha value is -1.26. The van der Waals surface area contributed by atoms with Crippen LogP contribution in [0.1, 0.15) is 65.2 Å². The van der Waals surface area contributed by atoms with Gasteiger partial charge in [0.1, 0.15) is 5.54 Å². The van der Waals surface area contributed by atoms with Crippen molar-refractivity contribution in [2.75, 3.05) is 6.54 Å². The smallest absolute Gasteiger partial charge is 0.329 e. The van der Waals surface area contributed by atoms with E-state index >= 15 is 0 Å². The molecule has 21 heavy (non-hydrogen) atoms. The average molecular weight is 296 g/mol. The second-order valence-electron chi connectivity index (χ2n) is 7.13. The molecule has 2 saturated carbocycles. The summed E-state index contributed by atoms with van der Waals surface area (Å²) in [6.07, 6.45) is 7.35. The highest BCUT2D eigenvalue weighted by atomic mass is 16.4. The summed E-state index contributed by atoms with van der Waals surface area (Å²) in [4.78, 5) is 23.7. The molecule has 5 heteroatoms. The minimum Gasteiger partial charge on any atom is -0.480 e. The minimum atomic E-state index is -1.07. The number of carbonyl (C=O) groups is 2. The highest BCUT2D eigenvalue weighted by molar-refractivity contribution is 5.86. The largest absolute Gasteiger partial charge is 0.480 e. The van der Waals surface area contributed by atoms with Crippen molar-refractivity contribution in [2.45, 2.75) is 70.8 Å². The fourth-order valence-electron chi connectivity index (χ4n) is 3.40. The van der Waals surface area contributed by atoms with Crippen LogP contribution in [-0.2, 0) is 4.79 Å². The number of hydrogen-bond donors (Lipinski definition) is 3. The topological polar surface area (TPSA) is 78.4 Å². The van der Waals surface area contributed by atoms with Crippen molar-refractivity contribution >= 4 is 12.0 Å². The molecule has 120 valence electrons. The molecule has 2 amide bonds. The van der Waals surface area contributed by atoms with E-state index in [1.807, 2.05) is 0 Å². The first-order valence-electron chi connectivity index (χ1n) is 8.21. The van der Waals surface area contributed by atoms with Gasteiger partial charge in [0.05, 0.1) is 0 Å². The van der Waals surface area contributed by atoms with Gasteiger partial charge in [0, 0.05) is 6.54 Å². The number of amides is 2. The molecule has 0 aliphatic heterocycles. The normalized spacial score (nSPS) is 30.5. The van der Waals surface area contributed by atoms with Gasteiger partial charge in [-0.1, -0.05) is 20.3 Å². The fraction of sp³-hybridized carbons (Fsp3) is 0.875. The maximum absolute atomic E-state index is 12.1. The number of rotatable bonds is 6. The van der Waals surface area contributed by atoms with Crippen LogP contribution in [0.3, 0.4) is 0 Å². The molecule has 0 bridgehead atoms. The maximum atomic E-state index is 12.1. The predicted octanol–water partition coefficient (Wildman–Crippen LogP) is 2.90. The summed E-state index contributed by atoms with van der Waals surface area (Å²) in [5.41, 5.74) is -0.790. The fourth-order valence-corrected chi connectivity index (χ4v) is 3.40. The molecule has 0 aromatic carbocycles. The lowest BCUT2D eigenvalue weighted by molar-refractivity contribution is -0.146. The van der Waals surface area contributed by atoms with Crippen LogP contribution in [0.2, 0.25) is 0 Å². The molecule has 2 aliphatic carbocycles. The predicted molar refractivity (Wildman–Crippen MR) is 81.1 cm³/mol. The van der Waals surface area contributed by atoms with Crippen molar-refractivity contribution < 1.29 is 14.7 Å². The van der Waals surface area contributed by atoms with Gasteiger partial charge in [-0.05, 0) is 56.3 Å². The Morgan fingerprint density at radius 3 is 2.29 bits per heavy atom. The molecule has 0 heterocycles. The van der Waals surface area contributed by atoms with Gasteiger partial charge in [0.2, 0.25) is 0 Å². The van der Waals surface area contributed by atoms with Gasteiger partial charge >= 0.3 is 12.0 Å². The summed E-state index contributed by atoms with van der Waals surface area (Å²) >= 11 is 0. The monoisotopic (exact) mass is 296 g/mol. The first-order valence-corrected chi connectivity index (χ1v) is 8.21. The SMILES string of the molecule is CCCC1(CNC(=O)NC2(C(=O)O)CCC(C)CC2)CC1. The summed E-state index contributed by atoms with van der Waals surface area (Å²) < 4.78 is 0. The molecule has 0 atom stereocenters. The molecule has 2 fully saturated rings. The Balaban J connectivity index is 1.86. The van der Waals surface area contributed by atoms with Crippen LogP contribution in [-0.4, -0.2) is 29.2 Å². The molecule has 0 radical (unpaired) electrons. The Bertz CT molecular complexity index is 396. The van der Waals surface area contributed by atoms with Crippen molar-refractivity contribution in [3.05, 3.63) is 0 Å². The van der Waals surface area contributed by atoms with Crippen molar-refractivity contribution in [3.63, 3.8) is 0 Å². The Morgan fingerprint density at radius 2 is 1.81 bits per heavy atom. The lowest BCUT2D eigenvalue weighted by Gasteiger charge is -2.36. The molecule has 2 rings (SSSR count). The summed E-state index contributed by atoms with van der Waals surface area (Å²) in [7, 11) is 0. The molecule has 0 aromatic heterocycles. The number of carboxylic acid groups (broad SMARTS) is 1. The number of carboxylic acids is 1. The molecule has 0 unspecified atom stereocenters. The van der Waals surface area contributed by atoms with Crippen LogP contribution in [0.25, 0.3) is 0 Å². The standard InChI is InChI=1S/C16H28N2O3/c1-3-6-15(9-10-15)11-17-14(21)18-16(13(19)20)7-4-12(2)5-8-16/h12H,3-11H2,1-2H3,(H,19,20)(H2,17,18,21). The zero-order valence-electron chi connectivity index (χ0n) is 13.2. The van der Waals surface area contributed by atoms with Crippen LogP contribution in [0, 0.1) is 11.3 Å². The number of urea groups is 1. The third kappa shape index (κ3) is 3.89. The van der Waals surface area contributed by atoms with Crippen molar-refractivity contribution in [1.82, 2.24) is 10.6 Å². The van der Waals surface area contributed by atoms with Gasteiger partial charge in [0.25, 0.3) is 0 Å². The van der Waals surface area contributed by atoms with Crippen LogP contribution < -0.4 is 10.6 Å². The lowest BCUT2D eigenvalue weighted by atomic mass is 9.77. The molecular formula is C16H28N2O3. The van der Waals surface area contributed by atoms with E-state index in [2.05, 4.69) is 24.5 Å². The molecule has 5 nitrogen and oxygen atoms in total. The summed E-state index contributed by atoms with van der Waals surface area (Å²) in [5, 5.41) is 15.1. The first-order chi connectivity index (χ1) is 9.91. The third-order valence-electron chi connectivity index (χ3n) is 5.25. The van der Waals surface area contributed by atoms with Gasteiger partial charge in [-0.25, -0.2) is 9.59 Å². The van der Waals surface area contributed by atoms with Crippen molar-refractivity contribution in [1.29, 1.82) is 0 Å². The Kier molecular flexibility index (Phi) is 4.79. The second kappa shape index (κ2) is 6.24. The van der Waals surface area contributed by atoms with Crippen molar-refractivity contribution in [2.24, 2.45) is 11.3 Å². The van der Waals surface area contributed by atoms with E-state index in [9.17, 15) is 14.7 Å². The van der Waals surface area contributed by atoms with E-state index < -0.39 is 11.5 Å². The van der Waals surface area contributed by atoms with Crippen LogP contribution in [0.5, 0.6) is 0 Å². The van der Waals surface area contributed by atoms with E-state index in [1.54, 1.807) is 0 Å². The zero-order chi connectivity index (χ0) is 15.5. The number of nitrogens with one attached hydrogen (secondary N) is 2. The molecule has 0 spiro atoms. The van der Waals surface area contributed by atoms with E-state index in [4.69, 9.17) is 0 Å².